The van der Waals surface area contributed by atoms with Crippen LogP contribution in [0.2, 0.25) is 0 Å². The molecule has 0 spiro atoms. The van der Waals surface area contributed by atoms with E-state index in [4.69, 9.17) is 15.1 Å². The van der Waals surface area contributed by atoms with Gasteiger partial charge in [-0.15, -0.1) is 4.28 Å². The van der Waals surface area contributed by atoms with Crippen LogP contribution in [0.3, 0.4) is 0 Å². The van der Waals surface area contributed by atoms with E-state index in [0.717, 1.165) is 11.5 Å². The number of rotatable bonds is 9. The second-order valence-electron chi connectivity index (χ2n) is 7.17. The van der Waals surface area contributed by atoms with Crippen molar-refractivity contribution in [3.63, 3.8) is 0 Å². The first-order chi connectivity index (χ1) is 13.8. The minimum atomic E-state index is -4.95. The van der Waals surface area contributed by atoms with Gasteiger partial charge in [0.2, 0.25) is 5.91 Å². The molecule has 1 aromatic heterocycles. The number of aliphatic carboxylic acids is 1. The number of carbonyl (C=O) groups excluding carboxylic acids is 2. The molecule has 2 fully saturated rings. The predicted octanol–water partition coefficient (Wildman–Crippen LogP) is -1.86. The number of β-lactam (4-membered cyclic amide) rings is 1. The van der Waals surface area contributed by atoms with E-state index in [0.29, 0.717) is 5.06 Å². The fourth-order valence-electron chi connectivity index (χ4n) is 2.68. The molecule has 1 aliphatic carbocycles. The van der Waals surface area contributed by atoms with Gasteiger partial charge in [0.05, 0.1) is 5.54 Å². The van der Waals surface area contributed by atoms with Crippen molar-refractivity contribution in [3.05, 3.63) is 5.82 Å². The molecule has 1 saturated carbocycles. The fraction of sp³-hybridized carbons (Fsp3) is 0.615. The van der Waals surface area contributed by atoms with Crippen molar-refractivity contribution in [2.45, 2.75) is 49.9 Å². The second kappa shape index (κ2) is 7.36. The summed E-state index contributed by atoms with van der Waals surface area (Å²) in [6.07, 6.45) is 0.457. The highest BCUT2D eigenvalue weighted by Crippen LogP contribution is 2.39. The maximum absolute atomic E-state index is 12.8. The molecule has 2 heterocycles. The lowest BCUT2D eigenvalue weighted by Crippen LogP contribution is -2.77. The summed E-state index contributed by atoms with van der Waals surface area (Å²) in [7, 11) is -4.95. The summed E-state index contributed by atoms with van der Waals surface area (Å²) in [6, 6.07) is -2.66. The average Bonchev–Trinajstić information content (AvgIpc) is 3.31. The molecule has 15 nitrogen and oxygen atoms in total. The highest BCUT2D eigenvalue weighted by Gasteiger charge is 2.58. The van der Waals surface area contributed by atoms with Gasteiger partial charge in [0.1, 0.15) is 6.04 Å². The Morgan fingerprint density at radius 1 is 1.40 bits per heavy atom. The minimum absolute atomic E-state index is 0.0387. The molecule has 1 unspecified atom stereocenters. The summed E-state index contributed by atoms with van der Waals surface area (Å²) in [6.45, 7) is 2.76. The monoisotopic (exact) mass is 466 g/mol. The van der Waals surface area contributed by atoms with Crippen molar-refractivity contribution in [1.82, 2.24) is 25.2 Å². The smallest absolute Gasteiger partial charge is 0.418 e. The number of nitrogen functional groups attached to an aromatic ring is 1. The highest BCUT2D eigenvalue weighted by atomic mass is 32.3. The van der Waals surface area contributed by atoms with Crippen molar-refractivity contribution >= 4 is 44.8 Å². The molecule has 0 aromatic carbocycles. The van der Waals surface area contributed by atoms with Gasteiger partial charge in [0.25, 0.3) is 5.91 Å². The summed E-state index contributed by atoms with van der Waals surface area (Å²) in [4.78, 5) is 45.3. The molecule has 0 radical (unpaired) electrons. The van der Waals surface area contributed by atoms with Gasteiger partial charge in [0, 0.05) is 11.5 Å². The molecule has 3 rings (SSSR count). The molecule has 2 atom stereocenters. The topological polar surface area (TPSA) is 223 Å². The summed E-state index contributed by atoms with van der Waals surface area (Å²) < 4.78 is 38.6. The molecule has 6 N–H and O–H groups in total. The molecular formula is C13H18N6O9S2. The fourth-order valence-corrected chi connectivity index (χ4v) is 3.60. The number of carbonyl (C=O) groups is 3. The Bertz CT molecular complexity index is 989. The first kappa shape index (κ1) is 22.2. The van der Waals surface area contributed by atoms with E-state index in [1.54, 1.807) is 0 Å². The molecule has 2 amide bonds. The van der Waals surface area contributed by atoms with E-state index in [1.807, 2.05) is 0 Å². The molecule has 1 saturated heterocycles. The van der Waals surface area contributed by atoms with Gasteiger partial charge in [-0.05, 0) is 26.7 Å². The molecule has 2 aliphatic rings. The molecule has 1 aromatic rings. The van der Waals surface area contributed by atoms with Gasteiger partial charge < -0.3 is 16.2 Å². The number of carboxylic acids is 1. The van der Waals surface area contributed by atoms with Crippen molar-refractivity contribution in [2.75, 3.05) is 5.73 Å². The van der Waals surface area contributed by atoms with Crippen molar-refractivity contribution in [3.8, 4) is 0 Å². The third-order valence-corrected chi connectivity index (χ3v) is 5.47. The van der Waals surface area contributed by atoms with Crippen molar-refractivity contribution in [2.24, 2.45) is 0 Å². The van der Waals surface area contributed by atoms with Crippen LogP contribution in [0.1, 0.15) is 38.6 Å². The summed E-state index contributed by atoms with van der Waals surface area (Å²) >= 11 is 0.786. The van der Waals surface area contributed by atoms with E-state index in [9.17, 15) is 27.9 Å². The number of aromatic nitrogens is 2. The van der Waals surface area contributed by atoms with E-state index in [-0.39, 0.29) is 23.8 Å². The van der Waals surface area contributed by atoms with Crippen LogP contribution < -0.4 is 16.5 Å². The maximum atomic E-state index is 12.8. The van der Waals surface area contributed by atoms with Gasteiger partial charge in [0.15, 0.2) is 22.6 Å². The van der Waals surface area contributed by atoms with E-state index in [1.165, 1.54) is 13.8 Å². The Morgan fingerprint density at radius 3 is 2.47 bits per heavy atom. The molecule has 166 valence electrons. The van der Waals surface area contributed by atoms with Crippen LogP contribution in [-0.2, 0) is 33.9 Å². The second-order valence-corrected chi connectivity index (χ2v) is 8.96. The van der Waals surface area contributed by atoms with Crippen LogP contribution >= 0.6 is 11.5 Å². The summed E-state index contributed by atoms with van der Waals surface area (Å²) in [5.74, 6) is -3.15. The van der Waals surface area contributed by atoms with Crippen LogP contribution in [-0.4, -0.2) is 67.5 Å². The lowest BCUT2D eigenvalue weighted by atomic mass is 9.84. The number of nitrogens with zero attached hydrogens (tertiary/aromatic N) is 3. The third kappa shape index (κ3) is 4.20. The third-order valence-electron chi connectivity index (χ3n) is 4.58. The SMILES string of the molecule is CC1(C)[C@H](NC(=O)C(NOC2(C(=O)O)CC2)c2nsc(N)n2)C(=O)N1OS(=O)(=O)O. The van der Waals surface area contributed by atoms with Gasteiger partial charge >= 0.3 is 16.4 Å². The van der Waals surface area contributed by atoms with E-state index < -0.39 is 51.4 Å². The molecule has 1 aliphatic heterocycles. The Morgan fingerprint density at radius 2 is 2.03 bits per heavy atom. The van der Waals surface area contributed by atoms with Gasteiger partial charge in [-0.25, -0.2) is 9.78 Å². The van der Waals surface area contributed by atoms with E-state index in [2.05, 4.69) is 24.4 Å². The standard InChI is InChI=1S/C13H18N6O9S2/c1-12(2)6(9(21)19(12)28-30(24,25)26)15-8(20)5(7-16-11(14)29-18-7)17-27-13(3-4-13)10(22)23/h5-6,17H,3-4H2,1-2H3,(H,15,20)(H,22,23)(H2,14,16,18)(H,24,25,26)/t5?,6-/m1/s1. The van der Waals surface area contributed by atoms with Gasteiger partial charge in [-0.2, -0.15) is 23.3 Å². The Kier molecular flexibility index (Phi) is 5.46. The zero-order valence-corrected chi connectivity index (χ0v) is 17.2. The lowest BCUT2D eigenvalue weighted by molar-refractivity contribution is -0.219. The maximum Gasteiger partial charge on any atom is 0.418 e. The number of carboxylic acid groups (broad SMARTS) is 1. The molecular weight excluding hydrogens is 448 g/mol. The zero-order valence-electron chi connectivity index (χ0n) is 15.6. The largest absolute Gasteiger partial charge is 0.479 e. The van der Waals surface area contributed by atoms with Crippen molar-refractivity contribution in [1.29, 1.82) is 0 Å². The predicted molar refractivity (Wildman–Crippen MR) is 96.4 cm³/mol. The van der Waals surface area contributed by atoms with E-state index >= 15 is 0 Å². The number of nitrogens with two attached hydrogens (primary N) is 1. The zero-order chi connectivity index (χ0) is 22.5. The number of amides is 2. The minimum Gasteiger partial charge on any atom is -0.479 e. The Balaban J connectivity index is 1.74. The van der Waals surface area contributed by atoms with Crippen LogP contribution in [0.4, 0.5) is 5.13 Å². The van der Waals surface area contributed by atoms with Gasteiger partial charge in [-0.3, -0.25) is 19.0 Å². The number of hydrogen-bond acceptors (Lipinski definition) is 12. The first-order valence-corrected chi connectivity index (χ1v) is 10.5. The molecule has 30 heavy (non-hydrogen) atoms. The quantitative estimate of drug-likeness (QED) is 0.153. The van der Waals surface area contributed by atoms with Crippen molar-refractivity contribution < 1.29 is 41.6 Å². The number of hydroxylamine groups is 3. The van der Waals surface area contributed by atoms with Crippen LogP contribution in [0, 0.1) is 0 Å². The number of hydrogen-bond donors (Lipinski definition) is 5. The van der Waals surface area contributed by atoms with Crippen LogP contribution in [0.5, 0.6) is 0 Å². The Hall–Kier alpha value is -2.44. The lowest BCUT2D eigenvalue weighted by Gasteiger charge is -2.50. The molecule has 0 bridgehead atoms. The first-order valence-electron chi connectivity index (χ1n) is 8.34. The van der Waals surface area contributed by atoms with Crippen LogP contribution in [0.25, 0.3) is 0 Å². The normalized spacial score (nSPS) is 22.8. The summed E-state index contributed by atoms with van der Waals surface area (Å²) in [5, 5.41) is 12.0. The number of nitrogens with one attached hydrogen (secondary N) is 2. The van der Waals surface area contributed by atoms with Gasteiger partial charge in [-0.1, -0.05) is 0 Å². The molecule has 17 heteroatoms. The number of anilines is 1. The average molecular weight is 466 g/mol. The Labute approximate surface area is 173 Å². The highest BCUT2D eigenvalue weighted by molar-refractivity contribution is 7.80. The summed E-state index contributed by atoms with van der Waals surface area (Å²) in [5.41, 5.74) is 5.03. The van der Waals surface area contributed by atoms with Crippen LogP contribution in [0.15, 0.2) is 0 Å².